The fourth-order valence-corrected chi connectivity index (χ4v) is 5.30. The van der Waals surface area contributed by atoms with Crippen LogP contribution in [0, 0.1) is 0 Å². The highest BCUT2D eigenvalue weighted by molar-refractivity contribution is 5.91. The van der Waals surface area contributed by atoms with Crippen molar-refractivity contribution in [3.05, 3.63) is 71.9 Å². The number of rotatable bonds is 8. The summed E-state index contributed by atoms with van der Waals surface area (Å²) in [6.45, 7) is 2.28. The molecule has 0 spiro atoms. The van der Waals surface area contributed by atoms with Gasteiger partial charge in [-0.2, -0.15) is 0 Å². The Hall–Kier alpha value is -3.28. The molecular formula is C31H41N3O3. The number of nitrogens with one attached hydrogen (secondary N) is 3. The Morgan fingerprint density at radius 1 is 0.919 bits per heavy atom. The maximum Gasteiger partial charge on any atom is 0.408 e. The van der Waals surface area contributed by atoms with E-state index in [2.05, 4.69) is 15.6 Å². The van der Waals surface area contributed by atoms with Gasteiger partial charge in [-0.3, -0.25) is 4.79 Å². The van der Waals surface area contributed by atoms with Crippen LogP contribution in [0.25, 0.3) is 10.9 Å². The molecule has 1 aromatic heterocycles. The van der Waals surface area contributed by atoms with Crippen LogP contribution >= 0.6 is 0 Å². The lowest BCUT2D eigenvalue weighted by Gasteiger charge is -2.30. The summed E-state index contributed by atoms with van der Waals surface area (Å²) in [6, 6.07) is 18.1. The fraction of sp³-hybridized carbons (Fsp3) is 0.484. The van der Waals surface area contributed by atoms with Crippen molar-refractivity contribution in [2.75, 3.05) is 6.54 Å². The van der Waals surface area contributed by atoms with Crippen molar-refractivity contribution in [3.63, 3.8) is 0 Å². The average molecular weight is 504 g/mol. The molecule has 3 aromatic rings. The minimum absolute atomic E-state index is 0.100. The number of carbonyl (C=O) groups is 2. The SMILES string of the molecule is CC(Cc1c[nH]c2ccccc12)(NC(=O)OC1CCCCCCCCC1)C(=O)NCCc1ccccc1. The van der Waals surface area contributed by atoms with Gasteiger partial charge in [-0.1, -0.05) is 80.6 Å². The number of H-pyrrole nitrogens is 1. The predicted molar refractivity (Wildman–Crippen MR) is 149 cm³/mol. The molecule has 1 aliphatic carbocycles. The molecule has 4 rings (SSSR count). The van der Waals surface area contributed by atoms with E-state index in [1.807, 2.05) is 60.8 Å². The van der Waals surface area contributed by atoms with Gasteiger partial charge in [-0.25, -0.2) is 4.79 Å². The molecular weight excluding hydrogens is 462 g/mol. The third-order valence-electron chi connectivity index (χ3n) is 7.47. The lowest BCUT2D eigenvalue weighted by molar-refractivity contribution is -0.127. The summed E-state index contributed by atoms with van der Waals surface area (Å²) < 4.78 is 5.91. The Kier molecular flexibility index (Phi) is 9.64. The van der Waals surface area contributed by atoms with E-state index in [4.69, 9.17) is 4.74 Å². The second-order valence-corrected chi connectivity index (χ2v) is 10.6. The number of aromatic amines is 1. The molecule has 1 heterocycles. The summed E-state index contributed by atoms with van der Waals surface area (Å²) in [6.07, 6.45) is 12.5. The molecule has 1 aliphatic rings. The first kappa shape index (κ1) is 26.8. The molecule has 1 atom stereocenters. The molecule has 6 nitrogen and oxygen atoms in total. The number of fused-ring (bicyclic) bond motifs is 1. The Balaban J connectivity index is 1.45. The molecule has 1 fully saturated rings. The number of hydrogen-bond acceptors (Lipinski definition) is 3. The third kappa shape index (κ3) is 7.85. The van der Waals surface area contributed by atoms with Crippen molar-refractivity contribution in [2.45, 2.75) is 89.2 Å². The summed E-state index contributed by atoms with van der Waals surface area (Å²) in [5.74, 6) is -0.211. The van der Waals surface area contributed by atoms with Gasteiger partial charge < -0.3 is 20.4 Å². The third-order valence-corrected chi connectivity index (χ3v) is 7.47. The van der Waals surface area contributed by atoms with Crippen molar-refractivity contribution in [3.8, 4) is 0 Å². The maximum absolute atomic E-state index is 13.5. The van der Waals surface area contributed by atoms with Crippen LogP contribution in [0.2, 0.25) is 0 Å². The normalized spacial score (nSPS) is 17.0. The molecule has 198 valence electrons. The first-order valence-corrected chi connectivity index (χ1v) is 13.9. The van der Waals surface area contributed by atoms with Crippen LogP contribution in [0.5, 0.6) is 0 Å². The summed E-state index contributed by atoms with van der Waals surface area (Å²) in [5, 5.41) is 7.07. The Morgan fingerprint density at radius 3 is 2.30 bits per heavy atom. The molecule has 0 radical (unpaired) electrons. The molecule has 2 aromatic carbocycles. The minimum Gasteiger partial charge on any atom is -0.446 e. The van der Waals surface area contributed by atoms with Gasteiger partial charge in [-0.05, 0) is 56.2 Å². The zero-order chi connectivity index (χ0) is 25.9. The number of hydrogen-bond donors (Lipinski definition) is 3. The van der Waals surface area contributed by atoms with Crippen LogP contribution in [0.15, 0.2) is 60.8 Å². The molecule has 0 bridgehead atoms. The van der Waals surface area contributed by atoms with Gasteiger partial charge in [0, 0.05) is 30.1 Å². The van der Waals surface area contributed by atoms with Crippen molar-refractivity contribution < 1.29 is 14.3 Å². The highest BCUT2D eigenvalue weighted by atomic mass is 16.6. The van der Waals surface area contributed by atoms with Crippen molar-refractivity contribution in [1.82, 2.24) is 15.6 Å². The van der Waals surface area contributed by atoms with Gasteiger partial charge in [0.15, 0.2) is 0 Å². The van der Waals surface area contributed by atoms with Crippen molar-refractivity contribution in [1.29, 1.82) is 0 Å². The minimum atomic E-state index is -1.16. The van der Waals surface area contributed by atoms with E-state index < -0.39 is 11.6 Å². The summed E-state index contributed by atoms with van der Waals surface area (Å²) in [7, 11) is 0. The van der Waals surface area contributed by atoms with E-state index in [1.54, 1.807) is 6.92 Å². The largest absolute Gasteiger partial charge is 0.446 e. The molecule has 6 heteroatoms. The summed E-state index contributed by atoms with van der Waals surface area (Å²) in [5.41, 5.74) is 1.99. The fourth-order valence-electron chi connectivity index (χ4n) is 5.30. The smallest absolute Gasteiger partial charge is 0.408 e. The molecule has 0 aliphatic heterocycles. The molecule has 37 heavy (non-hydrogen) atoms. The first-order valence-electron chi connectivity index (χ1n) is 13.9. The topological polar surface area (TPSA) is 83.2 Å². The number of ether oxygens (including phenoxy) is 1. The predicted octanol–water partition coefficient (Wildman–Crippen LogP) is 6.45. The average Bonchev–Trinajstić information content (AvgIpc) is 3.30. The molecule has 1 saturated carbocycles. The van der Waals surface area contributed by atoms with Crippen LogP contribution < -0.4 is 10.6 Å². The highest BCUT2D eigenvalue weighted by Crippen LogP contribution is 2.24. The Bertz CT molecular complexity index is 1130. The van der Waals surface area contributed by atoms with E-state index in [9.17, 15) is 9.59 Å². The number of alkyl carbamates (subject to hydrolysis) is 1. The second-order valence-electron chi connectivity index (χ2n) is 10.6. The van der Waals surface area contributed by atoms with Crippen LogP contribution in [-0.4, -0.2) is 35.2 Å². The number of para-hydroxylation sites is 1. The summed E-state index contributed by atoms with van der Waals surface area (Å²) in [4.78, 5) is 30.0. The Labute approximate surface area is 220 Å². The molecule has 0 saturated heterocycles. The molecule has 2 amide bonds. The monoisotopic (exact) mass is 503 g/mol. The van der Waals surface area contributed by atoms with Crippen LogP contribution in [0.1, 0.15) is 75.8 Å². The Morgan fingerprint density at radius 2 is 1.57 bits per heavy atom. The summed E-state index contributed by atoms with van der Waals surface area (Å²) >= 11 is 0. The second kappa shape index (κ2) is 13.3. The number of benzene rings is 2. The van der Waals surface area contributed by atoms with E-state index in [1.165, 1.54) is 32.1 Å². The van der Waals surface area contributed by atoms with Crippen LogP contribution in [0.3, 0.4) is 0 Å². The van der Waals surface area contributed by atoms with E-state index >= 15 is 0 Å². The van der Waals surface area contributed by atoms with Gasteiger partial charge >= 0.3 is 6.09 Å². The number of carbonyl (C=O) groups excluding carboxylic acids is 2. The van der Waals surface area contributed by atoms with Gasteiger partial charge in [0.1, 0.15) is 11.6 Å². The zero-order valence-electron chi connectivity index (χ0n) is 22.1. The van der Waals surface area contributed by atoms with Gasteiger partial charge in [0.2, 0.25) is 5.91 Å². The maximum atomic E-state index is 13.5. The van der Waals surface area contributed by atoms with Crippen LogP contribution in [-0.2, 0) is 22.4 Å². The molecule has 1 unspecified atom stereocenters. The van der Waals surface area contributed by atoms with E-state index in [0.29, 0.717) is 13.0 Å². The quantitative estimate of drug-likeness (QED) is 0.330. The lowest BCUT2D eigenvalue weighted by atomic mass is 9.91. The van der Waals surface area contributed by atoms with Gasteiger partial charge in [0.05, 0.1) is 0 Å². The zero-order valence-corrected chi connectivity index (χ0v) is 22.1. The highest BCUT2D eigenvalue weighted by Gasteiger charge is 2.37. The van der Waals surface area contributed by atoms with E-state index in [-0.39, 0.29) is 12.0 Å². The molecule has 3 N–H and O–H groups in total. The number of amides is 2. The van der Waals surface area contributed by atoms with Crippen molar-refractivity contribution in [2.24, 2.45) is 0 Å². The van der Waals surface area contributed by atoms with E-state index in [0.717, 1.165) is 54.1 Å². The van der Waals surface area contributed by atoms with Crippen molar-refractivity contribution >= 4 is 22.9 Å². The standard InChI is InChI=1S/C31H41N3O3/c1-31(22-25-23-33-28-19-13-12-18-27(25)28,29(35)32-21-20-24-14-8-7-9-15-24)34-30(36)37-26-16-10-5-3-2-4-6-11-17-26/h7-9,12-15,18-19,23,26,33H,2-6,10-11,16-17,20-22H2,1H3,(H,32,35)(H,34,36). The first-order chi connectivity index (χ1) is 18.0. The van der Waals surface area contributed by atoms with Gasteiger partial charge in [-0.15, -0.1) is 0 Å². The van der Waals surface area contributed by atoms with Gasteiger partial charge in [0.25, 0.3) is 0 Å². The lowest BCUT2D eigenvalue weighted by Crippen LogP contribution is -2.58. The number of aromatic nitrogens is 1. The van der Waals surface area contributed by atoms with Crippen LogP contribution in [0.4, 0.5) is 4.79 Å².